The topological polar surface area (TPSA) is 237 Å². The summed E-state index contributed by atoms with van der Waals surface area (Å²) < 4.78 is 61.0. The number of imide groups is 1. The summed E-state index contributed by atoms with van der Waals surface area (Å²) in [6, 6.07) is 53.3. The summed E-state index contributed by atoms with van der Waals surface area (Å²) in [6.07, 6.45) is 6.22. The number of aliphatic hydroxyl groups excluding tert-OH is 1. The average molecular weight is 1230 g/mol. The molecule has 0 unspecified atom stereocenters. The van der Waals surface area contributed by atoms with E-state index < -0.39 is 31.2 Å². The van der Waals surface area contributed by atoms with E-state index in [1.54, 1.807) is 125 Å². The van der Waals surface area contributed by atoms with Crippen LogP contribution in [0.1, 0.15) is 81.8 Å². The standard InChI is InChI=1S/C39H31N5O5S.C31H28N4O4S/c1-24-12-18-28(19-13-24)50(48,49)43-21-20-32-36(43)40-22-33-34(25-14-16-27(17-15-25)39(2,3)47)41-35(44(32)33)29-9-5-4-8-26(29)23-42-37(45)30-10-6-7-11-31(30)38(42)46;1-20-8-14-24(15-9-20)40(38,39)34-17-16-26-30(34)32-18-27-28(21-10-12-23(13-11-21)31(2,3)37)33-29(35(26)27)25-7-5-4-6-22(25)19-36/h4-22,47H,23H2,1-3H3;4-18,36-37H,19H2,1-3H3. The van der Waals surface area contributed by atoms with Crippen LogP contribution in [0.4, 0.5) is 0 Å². The fourth-order valence-electron chi connectivity index (χ4n) is 11.4. The lowest BCUT2D eigenvalue weighted by Gasteiger charge is -2.17. The lowest BCUT2D eigenvalue weighted by molar-refractivity contribution is 0.0641. The quantitative estimate of drug-likeness (QED) is 0.0912. The highest BCUT2D eigenvalue weighted by atomic mass is 32.2. The number of aromatic nitrogens is 8. The number of carbonyl (C=O) groups is 2. The van der Waals surface area contributed by atoms with Crippen molar-refractivity contribution in [2.45, 2.75) is 75.7 Å². The van der Waals surface area contributed by atoms with Gasteiger partial charge in [0.25, 0.3) is 31.9 Å². The second-order valence-electron chi connectivity index (χ2n) is 23.3. The molecule has 1 aliphatic rings. The molecule has 0 spiro atoms. The summed E-state index contributed by atoms with van der Waals surface area (Å²) >= 11 is 0. The summed E-state index contributed by atoms with van der Waals surface area (Å²) in [5.74, 6) is 0.294. The Morgan fingerprint density at radius 2 is 0.811 bits per heavy atom. The van der Waals surface area contributed by atoms with Crippen LogP contribution in [-0.2, 0) is 44.4 Å². The number of fused-ring (bicyclic) bond motifs is 7. The SMILES string of the molecule is Cc1ccc(S(=O)(=O)n2ccc3c2ncc2c(-c4ccc(C(C)(C)O)cc4)nc(-c4ccccc4CN4C(=O)c5ccccc5C4=O)n23)cc1.Cc1ccc(S(=O)(=O)n2ccc3c2ncc2c(-c4ccc(C(C)(C)O)cc4)nc(-c4ccccc4CO)n23)cc1. The van der Waals surface area contributed by atoms with Gasteiger partial charge in [0, 0.05) is 34.6 Å². The smallest absolute Gasteiger partial charge is 0.269 e. The Hall–Kier alpha value is -10.2. The number of carbonyl (C=O) groups excluding carboxylic acids is 2. The molecule has 1 aliphatic heterocycles. The first-order chi connectivity index (χ1) is 43.0. The lowest BCUT2D eigenvalue weighted by atomic mass is 9.97. The molecule has 0 atom stereocenters. The van der Waals surface area contributed by atoms with Gasteiger partial charge >= 0.3 is 0 Å². The Bertz CT molecular complexity index is 5220. The molecule has 0 saturated heterocycles. The van der Waals surface area contributed by atoms with Crippen LogP contribution >= 0.6 is 0 Å². The van der Waals surface area contributed by atoms with Crippen molar-refractivity contribution in [2.24, 2.45) is 0 Å². The third kappa shape index (κ3) is 10.1. The fraction of sp³-hybridized carbons (Fsp3) is 0.143. The zero-order valence-corrected chi connectivity index (χ0v) is 51.3. The first-order valence-corrected chi connectivity index (χ1v) is 31.7. The number of rotatable bonds is 13. The number of hydrogen-bond donors (Lipinski definition) is 3. The molecule has 450 valence electrons. The highest BCUT2D eigenvalue weighted by Crippen LogP contribution is 2.39. The van der Waals surface area contributed by atoms with E-state index >= 15 is 0 Å². The van der Waals surface area contributed by atoms with Crippen molar-refractivity contribution in [3.05, 3.63) is 251 Å². The van der Waals surface area contributed by atoms with Gasteiger partial charge in [-0.25, -0.2) is 44.7 Å². The minimum Gasteiger partial charge on any atom is -0.392 e. The molecule has 7 aromatic carbocycles. The van der Waals surface area contributed by atoms with Crippen molar-refractivity contribution in [3.63, 3.8) is 0 Å². The summed E-state index contributed by atoms with van der Waals surface area (Å²) in [6.45, 7) is 10.5. The minimum atomic E-state index is -4.00. The van der Waals surface area contributed by atoms with Crippen LogP contribution in [0.15, 0.2) is 217 Å². The predicted molar refractivity (Wildman–Crippen MR) is 343 cm³/mol. The summed E-state index contributed by atoms with van der Waals surface area (Å²) in [5, 5.41) is 31.1. The van der Waals surface area contributed by atoms with E-state index in [9.17, 15) is 41.7 Å². The molecule has 0 fully saturated rings. The molecule has 18 nitrogen and oxygen atoms in total. The third-order valence-electron chi connectivity index (χ3n) is 16.3. The molecule has 7 heterocycles. The molecule has 0 bridgehead atoms. The Labute approximate surface area is 518 Å². The number of imidazole rings is 2. The van der Waals surface area contributed by atoms with Crippen molar-refractivity contribution in [2.75, 3.05) is 0 Å². The molecule has 0 aliphatic carbocycles. The van der Waals surface area contributed by atoms with Crippen LogP contribution < -0.4 is 0 Å². The molecule has 20 heteroatoms. The molecule has 6 aromatic heterocycles. The monoisotopic (exact) mass is 1230 g/mol. The van der Waals surface area contributed by atoms with E-state index in [4.69, 9.17) is 9.97 Å². The van der Waals surface area contributed by atoms with Crippen molar-refractivity contribution in [1.29, 1.82) is 0 Å². The number of benzene rings is 7. The van der Waals surface area contributed by atoms with Crippen LogP contribution in [0.25, 0.3) is 78.7 Å². The van der Waals surface area contributed by atoms with E-state index in [2.05, 4.69) is 9.97 Å². The van der Waals surface area contributed by atoms with Crippen LogP contribution in [0.5, 0.6) is 0 Å². The van der Waals surface area contributed by atoms with Gasteiger partial charge in [0.1, 0.15) is 11.6 Å². The fourth-order valence-corrected chi connectivity index (χ4v) is 14.0. The van der Waals surface area contributed by atoms with Crippen molar-refractivity contribution in [3.8, 4) is 45.3 Å². The number of nitrogens with zero attached hydrogens (tertiary/aromatic N) is 9. The molecular formula is C70H59N9O9S2. The Kier molecular flexibility index (Phi) is 14.4. The van der Waals surface area contributed by atoms with Crippen LogP contribution in [-0.4, -0.2) is 85.6 Å². The van der Waals surface area contributed by atoms with Gasteiger partial charge in [-0.2, -0.15) is 0 Å². The average Bonchev–Trinajstić information content (AvgIpc) is 1.61. The Morgan fingerprint density at radius 3 is 1.20 bits per heavy atom. The zero-order chi connectivity index (χ0) is 63.2. The molecular weight excluding hydrogens is 1170 g/mol. The van der Waals surface area contributed by atoms with Gasteiger partial charge in [-0.15, -0.1) is 0 Å². The van der Waals surface area contributed by atoms with E-state index in [-0.39, 0.29) is 46.1 Å². The second-order valence-corrected chi connectivity index (χ2v) is 26.9. The van der Waals surface area contributed by atoms with Gasteiger partial charge in [0.2, 0.25) is 0 Å². The van der Waals surface area contributed by atoms with Gasteiger partial charge in [0.05, 0.1) is 91.1 Å². The van der Waals surface area contributed by atoms with E-state index in [1.807, 2.05) is 120 Å². The zero-order valence-electron chi connectivity index (χ0n) is 49.7. The molecule has 0 saturated carbocycles. The first kappa shape index (κ1) is 58.8. The maximum absolute atomic E-state index is 13.9. The van der Waals surface area contributed by atoms with Crippen LogP contribution in [0.2, 0.25) is 0 Å². The van der Waals surface area contributed by atoms with Crippen LogP contribution in [0, 0.1) is 13.8 Å². The van der Waals surface area contributed by atoms with Gasteiger partial charge < -0.3 is 15.3 Å². The minimum absolute atomic E-state index is 0.00406. The van der Waals surface area contributed by atoms with E-state index in [1.165, 1.54) is 25.2 Å². The highest BCUT2D eigenvalue weighted by Gasteiger charge is 2.36. The maximum atomic E-state index is 13.9. The normalized spacial score (nSPS) is 13.0. The highest BCUT2D eigenvalue weighted by molar-refractivity contribution is 7.90. The molecule has 90 heavy (non-hydrogen) atoms. The number of aliphatic hydroxyl groups is 3. The van der Waals surface area contributed by atoms with Gasteiger partial charge in [-0.05, 0) is 112 Å². The maximum Gasteiger partial charge on any atom is 0.269 e. The van der Waals surface area contributed by atoms with Gasteiger partial charge in [-0.3, -0.25) is 23.3 Å². The van der Waals surface area contributed by atoms with Gasteiger partial charge in [0.15, 0.2) is 11.3 Å². The van der Waals surface area contributed by atoms with Gasteiger partial charge in [-0.1, -0.05) is 145 Å². The van der Waals surface area contributed by atoms with Crippen molar-refractivity contribution < 1.29 is 41.7 Å². The van der Waals surface area contributed by atoms with Crippen molar-refractivity contribution >= 4 is 65.2 Å². The number of amides is 2. The molecule has 0 radical (unpaired) electrons. The largest absolute Gasteiger partial charge is 0.392 e. The Balaban J connectivity index is 0.000000169. The Morgan fingerprint density at radius 1 is 0.444 bits per heavy atom. The van der Waals surface area contributed by atoms with E-state index in [0.29, 0.717) is 72.9 Å². The van der Waals surface area contributed by atoms with Crippen LogP contribution in [0.3, 0.4) is 0 Å². The van der Waals surface area contributed by atoms with E-state index in [0.717, 1.165) is 38.9 Å². The number of hydrogen-bond acceptors (Lipinski definition) is 13. The second kappa shape index (κ2) is 22.1. The molecule has 13 aromatic rings. The molecule has 14 rings (SSSR count). The summed E-state index contributed by atoms with van der Waals surface area (Å²) in [4.78, 5) is 47.7. The summed E-state index contributed by atoms with van der Waals surface area (Å²) in [5.41, 5.74) is 10.5. The first-order valence-electron chi connectivity index (χ1n) is 28.8. The summed E-state index contributed by atoms with van der Waals surface area (Å²) in [7, 11) is -7.90. The molecule has 2 amide bonds. The number of aryl methyl sites for hydroxylation is 2. The molecule has 3 N–H and O–H groups in total. The lowest BCUT2D eigenvalue weighted by Crippen LogP contribution is -2.29. The van der Waals surface area contributed by atoms with Crippen molar-refractivity contribution in [1.82, 2.24) is 41.6 Å². The predicted octanol–water partition coefficient (Wildman–Crippen LogP) is 11.9. The third-order valence-corrected chi connectivity index (χ3v) is 19.7.